The van der Waals surface area contributed by atoms with Crippen LogP contribution in [0.3, 0.4) is 0 Å². The molecule has 0 unspecified atom stereocenters. The topological polar surface area (TPSA) is 78.5 Å². The Morgan fingerprint density at radius 1 is 1.00 bits per heavy atom. The summed E-state index contributed by atoms with van der Waals surface area (Å²) in [7, 11) is 0. The lowest BCUT2D eigenvalue weighted by Crippen LogP contribution is -2.41. The molecule has 3 rings (SSSR count). The van der Waals surface area contributed by atoms with E-state index >= 15 is 0 Å². The molecule has 1 aliphatic heterocycles. The van der Waals surface area contributed by atoms with Gasteiger partial charge in [0.15, 0.2) is 0 Å². The van der Waals surface area contributed by atoms with Crippen LogP contribution in [0, 0.1) is 12.8 Å². The maximum atomic E-state index is 12.6. The minimum absolute atomic E-state index is 0.0497. The van der Waals surface area contributed by atoms with E-state index in [9.17, 15) is 14.4 Å². The molecular formula is C25H29N3O3. The summed E-state index contributed by atoms with van der Waals surface area (Å²) in [4.78, 5) is 38.1. The lowest BCUT2D eigenvalue weighted by Gasteiger charge is -2.31. The van der Waals surface area contributed by atoms with Gasteiger partial charge >= 0.3 is 0 Å². The fourth-order valence-corrected chi connectivity index (χ4v) is 3.62. The van der Waals surface area contributed by atoms with E-state index in [4.69, 9.17) is 0 Å². The maximum Gasteiger partial charge on any atom is 0.227 e. The number of hydrogen-bond donors (Lipinski definition) is 2. The van der Waals surface area contributed by atoms with Crippen molar-refractivity contribution in [3.8, 4) is 0 Å². The summed E-state index contributed by atoms with van der Waals surface area (Å²) >= 11 is 0. The second kappa shape index (κ2) is 10.6. The number of nitrogens with one attached hydrogen (secondary N) is 2. The Labute approximate surface area is 183 Å². The van der Waals surface area contributed by atoms with Crippen molar-refractivity contribution in [2.75, 3.05) is 23.7 Å². The minimum Gasteiger partial charge on any atom is -0.342 e. The van der Waals surface area contributed by atoms with Crippen LogP contribution in [0.4, 0.5) is 11.4 Å². The Kier molecular flexibility index (Phi) is 7.60. The number of carbonyl (C=O) groups excluding carboxylic acids is 3. The summed E-state index contributed by atoms with van der Waals surface area (Å²) < 4.78 is 0. The number of rotatable bonds is 6. The van der Waals surface area contributed by atoms with Crippen LogP contribution in [-0.2, 0) is 14.4 Å². The molecule has 0 aromatic heterocycles. The Balaban J connectivity index is 1.45. The summed E-state index contributed by atoms with van der Waals surface area (Å²) in [5.74, 6) is -0.248. The minimum atomic E-state index is -0.158. The van der Waals surface area contributed by atoms with Crippen LogP contribution in [0.15, 0.2) is 54.6 Å². The zero-order chi connectivity index (χ0) is 22.2. The molecule has 2 N–H and O–H groups in total. The third-order valence-corrected chi connectivity index (χ3v) is 5.35. The second-order valence-corrected chi connectivity index (χ2v) is 7.92. The Bertz CT molecular complexity index is 958. The molecule has 31 heavy (non-hydrogen) atoms. The predicted octanol–water partition coefficient (Wildman–Crippen LogP) is 4.23. The van der Waals surface area contributed by atoms with Crippen LogP contribution in [0.1, 0.15) is 37.3 Å². The molecule has 0 saturated carbocycles. The molecular weight excluding hydrogens is 390 g/mol. The Morgan fingerprint density at radius 2 is 1.65 bits per heavy atom. The summed E-state index contributed by atoms with van der Waals surface area (Å²) in [6.45, 7) is 4.66. The molecule has 1 aliphatic rings. The van der Waals surface area contributed by atoms with Gasteiger partial charge in [0.05, 0.1) is 0 Å². The number of anilines is 2. The van der Waals surface area contributed by atoms with Crippen LogP contribution in [-0.4, -0.2) is 35.7 Å². The van der Waals surface area contributed by atoms with Gasteiger partial charge in [-0.3, -0.25) is 14.4 Å². The van der Waals surface area contributed by atoms with Crippen molar-refractivity contribution in [1.82, 2.24) is 4.90 Å². The van der Waals surface area contributed by atoms with Gasteiger partial charge in [0, 0.05) is 43.7 Å². The molecule has 2 aromatic rings. The molecule has 3 amide bonds. The molecule has 0 spiro atoms. The summed E-state index contributed by atoms with van der Waals surface area (Å²) in [5, 5.41) is 5.63. The molecule has 1 saturated heterocycles. The van der Waals surface area contributed by atoms with E-state index < -0.39 is 0 Å². The maximum absolute atomic E-state index is 12.6. The number of aryl methyl sites for hydroxylation is 1. The van der Waals surface area contributed by atoms with Gasteiger partial charge in [-0.05, 0) is 43.5 Å². The summed E-state index contributed by atoms with van der Waals surface area (Å²) in [6, 6.07) is 15.3. The van der Waals surface area contributed by atoms with Crippen LogP contribution in [0.5, 0.6) is 0 Å². The van der Waals surface area contributed by atoms with E-state index in [1.54, 1.807) is 24.3 Å². The first-order valence-electron chi connectivity index (χ1n) is 10.6. The van der Waals surface area contributed by atoms with Crippen molar-refractivity contribution < 1.29 is 14.4 Å². The van der Waals surface area contributed by atoms with Crippen LogP contribution >= 0.6 is 0 Å². The molecule has 0 bridgehead atoms. The van der Waals surface area contributed by atoms with Gasteiger partial charge in [-0.15, -0.1) is 0 Å². The molecule has 0 radical (unpaired) electrons. The number of likely N-dealkylation sites (tertiary alicyclic amines) is 1. The second-order valence-electron chi connectivity index (χ2n) is 7.92. The fraction of sp³-hybridized carbons (Fsp3) is 0.320. The third kappa shape index (κ3) is 6.81. The van der Waals surface area contributed by atoms with E-state index in [0.717, 1.165) is 5.56 Å². The monoisotopic (exact) mass is 419 g/mol. The zero-order valence-electron chi connectivity index (χ0n) is 18.1. The fourth-order valence-electron chi connectivity index (χ4n) is 3.62. The van der Waals surface area contributed by atoms with Gasteiger partial charge in [0.1, 0.15) is 0 Å². The average molecular weight is 420 g/mol. The predicted molar refractivity (Wildman–Crippen MR) is 124 cm³/mol. The van der Waals surface area contributed by atoms with E-state index in [1.165, 1.54) is 12.5 Å². The van der Waals surface area contributed by atoms with Gasteiger partial charge in [0.25, 0.3) is 0 Å². The number of hydrogen-bond acceptors (Lipinski definition) is 3. The molecule has 0 atom stereocenters. The molecule has 6 heteroatoms. The zero-order valence-corrected chi connectivity index (χ0v) is 18.1. The van der Waals surface area contributed by atoms with Gasteiger partial charge in [-0.2, -0.15) is 0 Å². The highest BCUT2D eigenvalue weighted by Crippen LogP contribution is 2.22. The highest BCUT2D eigenvalue weighted by atomic mass is 16.2. The molecule has 1 heterocycles. The standard InChI is InChI=1S/C25H29N3O3/c1-18-9-11-20(12-10-18)5-3-8-24(30)28-15-13-21(14-16-28)25(31)27-23-7-4-6-22(17-23)26-19(2)29/h3-7,9-12,17,21H,8,13-16H2,1-2H3,(H,26,29)(H,27,31)/b5-3+. The molecule has 162 valence electrons. The molecule has 0 aliphatic carbocycles. The van der Waals surface area contributed by atoms with Crippen molar-refractivity contribution in [3.05, 3.63) is 65.7 Å². The van der Waals surface area contributed by atoms with Crippen molar-refractivity contribution in [3.63, 3.8) is 0 Å². The summed E-state index contributed by atoms with van der Waals surface area (Å²) in [5.41, 5.74) is 3.58. The number of nitrogens with zero attached hydrogens (tertiary/aromatic N) is 1. The number of carbonyl (C=O) groups is 3. The van der Waals surface area contributed by atoms with Crippen molar-refractivity contribution in [2.24, 2.45) is 5.92 Å². The number of piperidine rings is 1. The van der Waals surface area contributed by atoms with E-state index in [0.29, 0.717) is 43.7 Å². The Morgan fingerprint density at radius 3 is 2.29 bits per heavy atom. The average Bonchev–Trinajstić information content (AvgIpc) is 2.75. The molecule has 6 nitrogen and oxygen atoms in total. The largest absolute Gasteiger partial charge is 0.342 e. The molecule has 1 fully saturated rings. The van der Waals surface area contributed by atoms with Crippen molar-refractivity contribution >= 4 is 35.2 Å². The van der Waals surface area contributed by atoms with Gasteiger partial charge < -0.3 is 15.5 Å². The number of benzene rings is 2. The first kappa shape index (κ1) is 22.3. The van der Waals surface area contributed by atoms with Gasteiger partial charge in [-0.25, -0.2) is 0 Å². The molecule has 2 aromatic carbocycles. The van der Waals surface area contributed by atoms with Crippen LogP contribution in [0.25, 0.3) is 6.08 Å². The van der Waals surface area contributed by atoms with E-state index in [-0.39, 0.29) is 23.6 Å². The lowest BCUT2D eigenvalue weighted by atomic mass is 9.95. The highest BCUT2D eigenvalue weighted by molar-refractivity contribution is 5.94. The summed E-state index contributed by atoms with van der Waals surface area (Å²) in [6.07, 6.45) is 5.51. The highest BCUT2D eigenvalue weighted by Gasteiger charge is 2.27. The van der Waals surface area contributed by atoms with Crippen molar-refractivity contribution in [2.45, 2.75) is 33.1 Å². The normalized spacial score (nSPS) is 14.5. The number of amides is 3. The van der Waals surface area contributed by atoms with Crippen molar-refractivity contribution in [1.29, 1.82) is 0 Å². The quantitative estimate of drug-likeness (QED) is 0.735. The van der Waals surface area contributed by atoms with Gasteiger partial charge in [0.2, 0.25) is 17.7 Å². The smallest absolute Gasteiger partial charge is 0.227 e. The van der Waals surface area contributed by atoms with Crippen LogP contribution in [0.2, 0.25) is 0 Å². The Hall–Kier alpha value is -3.41. The van der Waals surface area contributed by atoms with Gasteiger partial charge in [-0.1, -0.05) is 48.0 Å². The van der Waals surface area contributed by atoms with E-state index in [1.807, 2.05) is 48.2 Å². The third-order valence-electron chi connectivity index (χ3n) is 5.35. The first-order chi connectivity index (χ1) is 14.9. The first-order valence-corrected chi connectivity index (χ1v) is 10.6. The van der Waals surface area contributed by atoms with Crippen LogP contribution < -0.4 is 10.6 Å². The SMILES string of the molecule is CC(=O)Nc1cccc(NC(=O)C2CCN(C(=O)C/C=C/c3ccc(C)cc3)CC2)c1. The lowest BCUT2D eigenvalue weighted by molar-refractivity contribution is -0.133. The van der Waals surface area contributed by atoms with E-state index in [2.05, 4.69) is 10.6 Å².